The number of carbonyl (C=O) groups excluding carboxylic acids is 1. The number of methoxy groups -OCH3 is 1. The van der Waals surface area contributed by atoms with Crippen LogP contribution < -0.4 is 14.8 Å². The summed E-state index contributed by atoms with van der Waals surface area (Å²) in [7, 11) is 1.56. The van der Waals surface area contributed by atoms with E-state index in [4.69, 9.17) is 9.47 Å². The van der Waals surface area contributed by atoms with Crippen LogP contribution in [0.4, 0.5) is 11.6 Å². The molecule has 174 valence electrons. The van der Waals surface area contributed by atoms with Crippen LogP contribution in [0.15, 0.2) is 30.5 Å². The summed E-state index contributed by atoms with van der Waals surface area (Å²) in [6.45, 7) is 3.06. The Labute approximate surface area is 192 Å². The van der Waals surface area contributed by atoms with Crippen LogP contribution in [-0.2, 0) is 0 Å². The van der Waals surface area contributed by atoms with E-state index in [9.17, 15) is 9.90 Å². The highest BCUT2D eigenvalue weighted by atomic mass is 16.5. The molecule has 1 aliphatic heterocycles. The van der Waals surface area contributed by atoms with E-state index in [1.807, 2.05) is 17.9 Å². The molecular formula is C24H29N5O4. The number of hydrogen-bond acceptors (Lipinski definition) is 7. The van der Waals surface area contributed by atoms with Gasteiger partial charge in [-0.2, -0.15) is 9.97 Å². The second kappa shape index (κ2) is 8.55. The molecule has 1 aromatic carbocycles. The molecule has 0 radical (unpaired) electrons. The molecule has 9 heteroatoms. The molecule has 3 aromatic rings. The minimum atomic E-state index is -0.129. The van der Waals surface area contributed by atoms with Crippen molar-refractivity contribution in [2.75, 3.05) is 32.2 Å². The fourth-order valence-corrected chi connectivity index (χ4v) is 4.74. The van der Waals surface area contributed by atoms with E-state index in [1.165, 1.54) is 12.8 Å². The Kier molecular flexibility index (Phi) is 5.57. The highest BCUT2D eigenvalue weighted by molar-refractivity contribution is 5.96. The number of fused-ring (bicyclic) bond motifs is 1. The van der Waals surface area contributed by atoms with Crippen molar-refractivity contribution in [3.8, 4) is 11.6 Å². The van der Waals surface area contributed by atoms with Gasteiger partial charge in [-0.3, -0.25) is 4.79 Å². The van der Waals surface area contributed by atoms with Gasteiger partial charge in [-0.25, -0.2) is 0 Å². The van der Waals surface area contributed by atoms with Crippen molar-refractivity contribution in [2.45, 2.75) is 38.6 Å². The molecule has 1 aliphatic carbocycles. The first-order valence-corrected chi connectivity index (χ1v) is 11.4. The highest BCUT2D eigenvalue weighted by Crippen LogP contribution is 2.55. The number of aromatic amines is 1. The van der Waals surface area contributed by atoms with Gasteiger partial charge >= 0.3 is 0 Å². The first-order chi connectivity index (χ1) is 16.1. The minimum Gasteiger partial charge on any atom is -0.495 e. The van der Waals surface area contributed by atoms with Gasteiger partial charge in [0.2, 0.25) is 11.8 Å². The minimum absolute atomic E-state index is 0.00894. The van der Waals surface area contributed by atoms with Crippen LogP contribution in [0.3, 0.4) is 0 Å². The molecule has 1 amide bonds. The van der Waals surface area contributed by atoms with Crippen molar-refractivity contribution in [1.29, 1.82) is 0 Å². The number of aliphatic hydroxyl groups excluding tert-OH is 1. The number of piperidine rings is 1. The van der Waals surface area contributed by atoms with E-state index in [0.717, 1.165) is 18.2 Å². The first kappa shape index (κ1) is 21.5. The van der Waals surface area contributed by atoms with Crippen LogP contribution in [0.1, 0.15) is 43.0 Å². The van der Waals surface area contributed by atoms with Crippen LogP contribution in [0.25, 0.3) is 11.0 Å². The fraction of sp³-hybridized carbons (Fsp3) is 0.458. The summed E-state index contributed by atoms with van der Waals surface area (Å²) in [4.78, 5) is 27.1. The molecule has 2 aliphatic rings. The lowest BCUT2D eigenvalue weighted by Gasteiger charge is -2.39. The Morgan fingerprint density at radius 2 is 2.15 bits per heavy atom. The predicted octanol–water partition coefficient (Wildman–Crippen LogP) is 3.49. The molecule has 1 atom stereocenters. The van der Waals surface area contributed by atoms with Gasteiger partial charge in [0.05, 0.1) is 37.4 Å². The maximum Gasteiger partial charge on any atom is 0.254 e. The Morgan fingerprint density at radius 1 is 1.30 bits per heavy atom. The lowest BCUT2D eigenvalue weighted by atomic mass is 9.87. The summed E-state index contributed by atoms with van der Waals surface area (Å²) < 4.78 is 11.2. The zero-order chi connectivity index (χ0) is 23.0. The lowest BCUT2D eigenvalue weighted by Crippen LogP contribution is -2.48. The number of likely N-dealkylation sites (tertiary alicyclic amines) is 1. The Balaban J connectivity index is 1.38. The van der Waals surface area contributed by atoms with Crippen molar-refractivity contribution >= 4 is 28.6 Å². The second-order valence-corrected chi connectivity index (χ2v) is 8.85. The Morgan fingerprint density at radius 3 is 2.88 bits per heavy atom. The Bertz CT molecular complexity index is 1170. The predicted molar refractivity (Wildman–Crippen MR) is 124 cm³/mol. The summed E-state index contributed by atoms with van der Waals surface area (Å²) in [6, 6.07) is 7.01. The number of nitrogens with zero attached hydrogens (tertiary/aromatic N) is 3. The fourth-order valence-electron chi connectivity index (χ4n) is 4.74. The summed E-state index contributed by atoms with van der Waals surface area (Å²) >= 11 is 0. The SMILES string of the molecule is CCOc1nc(Nc2ccc(C(=O)N3CCC4(CC4)CC3CO)cc2OC)nc2[nH]ccc12. The van der Waals surface area contributed by atoms with E-state index in [0.29, 0.717) is 53.0 Å². The molecular weight excluding hydrogens is 422 g/mol. The zero-order valence-corrected chi connectivity index (χ0v) is 18.9. The molecule has 2 aromatic heterocycles. The van der Waals surface area contributed by atoms with Crippen LogP contribution in [0.2, 0.25) is 0 Å². The molecule has 1 unspecified atom stereocenters. The van der Waals surface area contributed by atoms with Crippen LogP contribution >= 0.6 is 0 Å². The van der Waals surface area contributed by atoms with E-state index in [-0.39, 0.29) is 18.6 Å². The maximum atomic E-state index is 13.3. The molecule has 33 heavy (non-hydrogen) atoms. The van der Waals surface area contributed by atoms with Crippen molar-refractivity contribution in [1.82, 2.24) is 19.9 Å². The van der Waals surface area contributed by atoms with E-state index >= 15 is 0 Å². The molecule has 3 heterocycles. The van der Waals surface area contributed by atoms with Crippen molar-refractivity contribution in [3.05, 3.63) is 36.0 Å². The number of hydrogen-bond donors (Lipinski definition) is 3. The van der Waals surface area contributed by atoms with Crippen molar-refractivity contribution < 1.29 is 19.4 Å². The Hall–Kier alpha value is -3.33. The molecule has 1 spiro atoms. The van der Waals surface area contributed by atoms with Gasteiger partial charge in [0.15, 0.2) is 0 Å². The number of nitrogens with one attached hydrogen (secondary N) is 2. The van der Waals surface area contributed by atoms with Crippen LogP contribution in [0.5, 0.6) is 11.6 Å². The number of aliphatic hydroxyl groups is 1. The van der Waals surface area contributed by atoms with Gasteiger partial charge in [-0.15, -0.1) is 0 Å². The second-order valence-electron chi connectivity index (χ2n) is 8.85. The zero-order valence-electron chi connectivity index (χ0n) is 18.9. The van der Waals surface area contributed by atoms with Crippen LogP contribution in [-0.4, -0.2) is 63.8 Å². The number of ether oxygens (including phenoxy) is 2. The van der Waals surface area contributed by atoms with E-state index in [2.05, 4.69) is 20.3 Å². The third-order valence-corrected chi connectivity index (χ3v) is 6.78. The smallest absolute Gasteiger partial charge is 0.254 e. The van der Waals surface area contributed by atoms with E-state index < -0.39 is 0 Å². The summed E-state index contributed by atoms with van der Waals surface area (Å²) in [5.74, 6) is 1.27. The molecule has 2 fully saturated rings. The summed E-state index contributed by atoms with van der Waals surface area (Å²) in [5.41, 5.74) is 2.18. The monoisotopic (exact) mass is 451 g/mol. The molecule has 1 saturated heterocycles. The lowest BCUT2D eigenvalue weighted by molar-refractivity contribution is 0.0382. The van der Waals surface area contributed by atoms with Gasteiger partial charge in [-0.05, 0) is 62.3 Å². The molecule has 9 nitrogen and oxygen atoms in total. The number of benzene rings is 1. The van der Waals surface area contributed by atoms with Gasteiger partial charge in [0.1, 0.15) is 11.4 Å². The molecule has 0 bridgehead atoms. The van der Waals surface area contributed by atoms with Gasteiger partial charge in [-0.1, -0.05) is 0 Å². The normalized spacial score (nSPS) is 19.0. The van der Waals surface area contributed by atoms with Gasteiger partial charge < -0.3 is 29.8 Å². The first-order valence-electron chi connectivity index (χ1n) is 11.4. The number of amides is 1. The largest absolute Gasteiger partial charge is 0.495 e. The van der Waals surface area contributed by atoms with E-state index in [1.54, 1.807) is 31.5 Å². The number of rotatable bonds is 7. The maximum absolute atomic E-state index is 13.3. The van der Waals surface area contributed by atoms with Crippen molar-refractivity contribution in [3.63, 3.8) is 0 Å². The molecule has 3 N–H and O–H groups in total. The standard InChI is InChI=1S/C24H29N5O4/c1-3-33-21-17-6-10-25-20(17)27-23(28-21)26-18-5-4-15(12-19(18)32-2)22(31)29-11-9-24(7-8-24)13-16(29)14-30/h4-6,10,12,16,30H,3,7-9,11,13-14H2,1-2H3,(H2,25,26,27,28). The third-order valence-electron chi connectivity index (χ3n) is 6.78. The number of H-pyrrole nitrogens is 1. The average Bonchev–Trinajstić information content (AvgIpc) is 3.40. The average molecular weight is 452 g/mol. The topological polar surface area (TPSA) is 113 Å². The van der Waals surface area contributed by atoms with Gasteiger partial charge in [0.25, 0.3) is 5.91 Å². The summed E-state index contributed by atoms with van der Waals surface area (Å²) in [5, 5.41) is 13.9. The quantitative estimate of drug-likeness (QED) is 0.504. The van der Waals surface area contributed by atoms with Crippen molar-refractivity contribution in [2.24, 2.45) is 5.41 Å². The number of carbonyl (C=O) groups is 1. The number of aromatic nitrogens is 3. The number of anilines is 2. The van der Waals surface area contributed by atoms with Gasteiger partial charge in [0, 0.05) is 18.3 Å². The van der Waals surface area contributed by atoms with Crippen LogP contribution in [0, 0.1) is 5.41 Å². The third kappa shape index (κ3) is 4.08. The highest BCUT2D eigenvalue weighted by Gasteiger charge is 2.48. The summed E-state index contributed by atoms with van der Waals surface area (Å²) in [6.07, 6.45) is 6.10. The molecule has 5 rings (SSSR count). The molecule has 1 saturated carbocycles.